The van der Waals surface area contributed by atoms with Crippen molar-refractivity contribution in [3.63, 3.8) is 0 Å². The van der Waals surface area contributed by atoms with Crippen molar-refractivity contribution in [1.82, 2.24) is 4.98 Å². The summed E-state index contributed by atoms with van der Waals surface area (Å²) in [6.07, 6.45) is 1.59. The van der Waals surface area contributed by atoms with Gasteiger partial charge in [0.25, 0.3) is 0 Å². The fraction of sp³-hybridized carbons (Fsp3) is 0.143. The van der Waals surface area contributed by atoms with Crippen LogP contribution in [0.4, 0.5) is 5.82 Å². The van der Waals surface area contributed by atoms with Gasteiger partial charge in [-0.25, -0.2) is 4.98 Å². The van der Waals surface area contributed by atoms with E-state index in [9.17, 15) is 0 Å². The second kappa shape index (κ2) is 3.26. The van der Waals surface area contributed by atoms with Crippen LogP contribution in [0.5, 0.6) is 0 Å². The Morgan fingerprint density at radius 2 is 2.45 bits per heavy atom. The zero-order valence-corrected chi connectivity index (χ0v) is 6.85. The van der Waals surface area contributed by atoms with E-state index in [4.69, 9.17) is 11.0 Å². The molecule has 0 saturated carbocycles. The molecule has 0 radical (unpaired) electrons. The lowest BCUT2D eigenvalue weighted by Crippen LogP contribution is -1.92. The summed E-state index contributed by atoms with van der Waals surface area (Å²) in [6, 6.07) is 1.84. The molecule has 0 unspecified atom stereocenters. The van der Waals surface area contributed by atoms with Gasteiger partial charge in [0.05, 0.1) is 0 Å². The Hall–Kier alpha value is -1.21. The molecule has 0 aliphatic rings. The Morgan fingerprint density at radius 1 is 1.73 bits per heavy atom. The van der Waals surface area contributed by atoms with Crippen molar-refractivity contribution in [2.24, 2.45) is 0 Å². The molecule has 3 nitrogen and oxygen atoms in total. The van der Waals surface area contributed by atoms with Crippen LogP contribution in [0.1, 0.15) is 5.56 Å². The fourth-order valence-electron chi connectivity index (χ4n) is 0.668. The molecule has 0 aliphatic carbocycles. The molecule has 4 heteroatoms. The maximum absolute atomic E-state index is 8.33. The fourth-order valence-corrected chi connectivity index (χ4v) is 1.11. The predicted octanol–water partition coefficient (Wildman–Crippen LogP) is 1.55. The number of rotatable bonds is 1. The van der Waals surface area contributed by atoms with Crippen LogP contribution < -0.4 is 5.73 Å². The Morgan fingerprint density at radius 3 is 3.00 bits per heavy atom. The molecular weight excluding hydrogens is 158 g/mol. The molecule has 0 aliphatic heterocycles. The average molecular weight is 165 g/mol. The number of nitrogens with zero attached hydrogens (tertiary/aromatic N) is 2. The third-order valence-electron chi connectivity index (χ3n) is 1.26. The minimum atomic E-state index is 0.521. The Labute approximate surface area is 69.2 Å². The van der Waals surface area contributed by atoms with Crippen LogP contribution in [0, 0.1) is 17.6 Å². The SMILES string of the molecule is Cc1cc(SC#N)cnc1N. The molecule has 56 valence electrons. The first-order chi connectivity index (χ1) is 5.24. The molecule has 0 atom stereocenters. The van der Waals surface area contributed by atoms with E-state index in [1.54, 1.807) is 6.20 Å². The summed E-state index contributed by atoms with van der Waals surface area (Å²) in [5, 5.41) is 10.3. The topological polar surface area (TPSA) is 62.7 Å². The second-order valence-corrected chi connectivity index (χ2v) is 2.92. The monoisotopic (exact) mass is 165 g/mol. The number of thiocyanates is 1. The quantitative estimate of drug-likeness (QED) is 0.506. The highest BCUT2D eigenvalue weighted by atomic mass is 32.2. The molecule has 11 heavy (non-hydrogen) atoms. The summed E-state index contributed by atoms with van der Waals surface area (Å²) >= 11 is 1.09. The van der Waals surface area contributed by atoms with Gasteiger partial charge < -0.3 is 5.73 Å². The average Bonchev–Trinajstić information content (AvgIpc) is 1.98. The summed E-state index contributed by atoms with van der Waals surface area (Å²) in [4.78, 5) is 4.74. The Bertz CT molecular complexity index is 303. The highest BCUT2D eigenvalue weighted by Gasteiger charge is 1.97. The number of anilines is 1. The van der Waals surface area contributed by atoms with Gasteiger partial charge in [-0.2, -0.15) is 5.26 Å². The van der Waals surface area contributed by atoms with Crippen LogP contribution in [0.25, 0.3) is 0 Å². The smallest absolute Gasteiger partial charge is 0.138 e. The number of hydrogen-bond donors (Lipinski definition) is 1. The van der Waals surface area contributed by atoms with Gasteiger partial charge in [0.2, 0.25) is 0 Å². The van der Waals surface area contributed by atoms with Crippen molar-refractivity contribution < 1.29 is 0 Å². The largest absolute Gasteiger partial charge is 0.383 e. The van der Waals surface area contributed by atoms with Crippen LogP contribution in [0.15, 0.2) is 17.2 Å². The highest BCUT2D eigenvalue weighted by molar-refractivity contribution is 8.03. The maximum atomic E-state index is 8.33. The lowest BCUT2D eigenvalue weighted by molar-refractivity contribution is 1.20. The van der Waals surface area contributed by atoms with Crippen molar-refractivity contribution in [2.75, 3.05) is 5.73 Å². The third-order valence-corrected chi connectivity index (χ3v) is 1.81. The molecule has 0 amide bonds. The normalized spacial score (nSPS) is 9.09. The lowest BCUT2D eigenvalue weighted by atomic mass is 10.3. The van der Waals surface area contributed by atoms with Gasteiger partial charge in [0.1, 0.15) is 11.2 Å². The van der Waals surface area contributed by atoms with E-state index in [0.717, 1.165) is 22.2 Å². The first kappa shape index (κ1) is 7.89. The number of pyridine rings is 1. The molecule has 0 bridgehead atoms. The molecule has 0 aromatic carbocycles. The van der Waals surface area contributed by atoms with E-state index in [1.165, 1.54) is 0 Å². The summed E-state index contributed by atoms with van der Waals surface area (Å²) in [6.45, 7) is 1.86. The first-order valence-electron chi connectivity index (χ1n) is 3.02. The number of nitrogen functional groups attached to an aromatic ring is 1. The van der Waals surface area contributed by atoms with Crippen molar-refractivity contribution in [1.29, 1.82) is 5.26 Å². The molecule has 0 saturated heterocycles. The van der Waals surface area contributed by atoms with Gasteiger partial charge >= 0.3 is 0 Å². The number of aryl methyl sites for hydroxylation is 1. The number of aromatic nitrogens is 1. The number of hydrogen-bond acceptors (Lipinski definition) is 4. The van der Waals surface area contributed by atoms with Crippen LogP contribution >= 0.6 is 11.8 Å². The molecule has 1 rings (SSSR count). The Kier molecular flexibility index (Phi) is 2.34. The van der Waals surface area contributed by atoms with E-state index < -0.39 is 0 Å². The zero-order valence-electron chi connectivity index (χ0n) is 6.03. The molecule has 2 N–H and O–H groups in total. The molecule has 0 fully saturated rings. The van der Waals surface area contributed by atoms with Crippen LogP contribution in [0.2, 0.25) is 0 Å². The van der Waals surface area contributed by atoms with Crippen LogP contribution in [0.3, 0.4) is 0 Å². The Balaban J connectivity index is 2.98. The maximum Gasteiger partial charge on any atom is 0.138 e. The second-order valence-electron chi connectivity index (χ2n) is 2.07. The minimum absolute atomic E-state index is 0.521. The summed E-state index contributed by atoms with van der Waals surface area (Å²) in [7, 11) is 0. The van der Waals surface area contributed by atoms with Crippen molar-refractivity contribution in [3.05, 3.63) is 17.8 Å². The van der Waals surface area contributed by atoms with E-state index in [2.05, 4.69) is 4.98 Å². The van der Waals surface area contributed by atoms with Gasteiger partial charge in [0.15, 0.2) is 0 Å². The van der Waals surface area contributed by atoms with Crippen molar-refractivity contribution >= 4 is 17.6 Å². The number of nitrogens with two attached hydrogens (primary N) is 1. The summed E-state index contributed by atoms with van der Waals surface area (Å²) in [5.74, 6) is 0.521. The highest BCUT2D eigenvalue weighted by Crippen LogP contribution is 2.18. The van der Waals surface area contributed by atoms with Gasteiger partial charge in [-0.15, -0.1) is 0 Å². The van der Waals surface area contributed by atoms with Gasteiger partial charge in [0, 0.05) is 11.1 Å². The van der Waals surface area contributed by atoms with Crippen LogP contribution in [-0.2, 0) is 0 Å². The molecular formula is C7H7N3S. The van der Waals surface area contributed by atoms with E-state index >= 15 is 0 Å². The van der Waals surface area contributed by atoms with Crippen LogP contribution in [-0.4, -0.2) is 4.98 Å². The minimum Gasteiger partial charge on any atom is -0.383 e. The van der Waals surface area contributed by atoms with Gasteiger partial charge in [-0.05, 0) is 30.3 Å². The zero-order chi connectivity index (χ0) is 8.27. The molecule has 1 heterocycles. The number of nitriles is 1. The van der Waals surface area contributed by atoms with E-state index in [0.29, 0.717) is 5.82 Å². The van der Waals surface area contributed by atoms with Crippen molar-refractivity contribution in [3.8, 4) is 5.40 Å². The predicted molar refractivity (Wildman–Crippen MR) is 44.9 cm³/mol. The molecule has 0 spiro atoms. The van der Waals surface area contributed by atoms with Gasteiger partial charge in [-0.3, -0.25) is 0 Å². The van der Waals surface area contributed by atoms with Crippen molar-refractivity contribution in [2.45, 2.75) is 11.8 Å². The summed E-state index contributed by atoms with van der Waals surface area (Å²) in [5.41, 5.74) is 6.39. The van der Waals surface area contributed by atoms with Gasteiger partial charge in [-0.1, -0.05) is 0 Å². The first-order valence-corrected chi connectivity index (χ1v) is 3.83. The standard InChI is InChI=1S/C7H7N3S/c1-5-2-6(11-4-8)3-10-7(5)9/h2-3H,1H3,(H2,9,10). The molecule has 1 aromatic rings. The lowest BCUT2D eigenvalue weighted by Gasteiger charge is -1.98. The third kappa shape index (κ3) is 1.85. The number of thioether (sulfide) groups is 1. The summed E-state index contributed by atoms with van der Waals surface area (Å²) < 4.78 is 0. The molecule has 1 aromatic heterocycles. The van der Waals surface area contributed by atoms with E-state index in [1.807, 2.05) is 18.4 Å². The van der Waals surface area contributed by atoms with E-state index in [-0.39, 0.29) is 0 Å².